The van der Waals surface area contributed by atoms with Crippen LogP contribution < -0.4 is 5.32 Å². The van der Waals surface area contributed by atoms with Gasteiger partial charge in [-0.15, -0.1) is 11.8 Å². The minimum Gasteiger partial charge on any atom is -0.478 e. The lowest BCUT2D eigenvalue weighted by Gasteiger charge is -2.22. The third kappa shape index (κ3) is 2.76. The summed E-state index contributed by atoms with van der Waals surface area (Å²) < 4.78 is -0.397. The number of rotatable bonds is 3. The molecule has 1 unspecified atom stereocenters. The van der Waals surface area contributed by atoms with Gasteiger partial charge in [0, 0.05) is 5.69 Å². The van der Waals surface area contributed by atoms with Crippen LogP contribution in [-0.4, -0.2) is 27.5 Å². The van der Waals surface area contributed by atoms with Crippen molar-refractivity contribution in [3.05, 3.63) is 29.3 Å². The lowest BCUT2D eigenvalue weighted by atomic mass is 10.0. The smallest absolute Gasteiger partial charge is 0.336 e. The molecule has 4 nitrogen and oxygen atoms in total. The number of carbonyl (C=O) groups is 2. The predicted octanol–water partition coefficient (Wildman–Crippen LogP) is 2.92. The first-order chi connectivity index (χ1) is 8.94. The molecule has 1 saturated heterocycles. The van der Waals surface area contributed by atoms with E-state index >= 15 is 0 Å². The lowest BCUT2D eigenvalue weighted by molar-refractivity contribution is -0.118. The van der Waals surface area contributed by atoms with Crippen LogP contribution in [-0.2, 0) is 4.79 Å². The Kier molecular flexibility index (Phi) is 3.85. The Hall–Kier alpha value is -1.49. The fourth-order valence-corrected chi connectivity index (χ4v) is 3.43. The summed E-state index contributed by atoms with van der Waals surface area (Å²) in [6.07, 6.45) is 1.91. The zero-order valence-corrected chi connectivity index (χ0v) is 11.8. The number of hydrogen-bond donors (Lipinski definition) is 2. The molecule has 0 aliphatic carbocycles. The van der Waals surface area contributed by atoms with Gasteiger partial charge in [0.15, 0.2) is 0 Å². The van der Waals surface area contributed by atoms with Gasteiger partial charge in [-0.1, -0.05) is 6.07 Å². The third-order valence-electron chi connectivity index (χ3n) is 3.51. The summed E-state index contributed by atoms with van der Waals surface area (Å²) in [6, 6.07) is 4.93. The Morgan fingerprint density at radius 1 is 1.42 bits per heavy atom. The van der Waals surface area contributed by atoms with E-state index in [0.29, 0.717) is 11.3 Å². The first-order valence-corrected chi connectivity index (χ1v) is 7.21. The molecule has 1 atom stereocenters. The van der Waals surface area contributed by atoms with E-state index in [9.17, 15) is 9.59 Å². The highest BCUT2D eigenvalue weighted by Gasteiger charge is 2.37. The molecule has 0 aromatic heterocycles. The Bertz CT molecular complexity index is 521. The monoisotopic (exact) mass is 279 g/mol. The number of carboxylic acids is 1. The Morgan fingerprint density at radius 2 is 2.16 bits per heavy atom. The SMILES string of the molecule is Cc1c(NC(=O)C2(C)CCCS2)cccc1C(=O)O. The van der Waals surface area contributed by atoms with Gasteiger partial charge in [0.2, 0.25) is 5.91 Å². The molecule has 1 heterocycles. The molecule has 1 fully saturated rings. The van der Waals surface area contributed by atoms with Gasteiger partial charge >= 0.3 is 5.97 Å². The van der Waals surface area contributed by atoms with Crippen molar-refractivity contribution in [1.29, 1.82) is 0 Å². The van der Waals surface area contributed by atoms with Crippen molar-refractivity contribution in [2.45, 2.75) is 31.4 Å². The highest BCUT2D eigenvalue weighted by molar-refractivity contribution is 8.01. The van der Waals surface area contributed by atoms with Crippen molar-refractivity contribution < 1.29 is 14.7 Å². The molecule has 102 valence electrons. The van der Waals surface area contributed by atoms with E-state index < -0.39 is 10.7 Å². The van der Waals surface area contributed by atoms with Crippen molar-refractivity contribution in [3.8, 4) is 0 Å². The van der Waals surface area contributed by atoms with Crippen LogP contribution in [0.2, 0.25) is 0 Å². The molecule has 19 heavy (non-hydrogen) atoms. The van der Waals surface area contributed by atoms with Crippen LogP contribution in [0.15, 0.2) is 18.2 Å². The zero-order chi connectivity index (χ0) is 14.0. The maximum absolute atomic E-state index is 12.3. The van der Waals surface area contributed by atoms with Crippen molar-refractivity contribution in [3.63, 3.8) is 0 Å². The number of aromatic carboxylic acids is 1. The number of thioether (sulfide) groups is 1. The van der Waals surface area contributed by atoms with Gasteiger partial charge < -0.3 is 10.4 Å². The summed E-state index contributed by atoms with van der Waals surface area (Å²) in [5.41, 5.74) is 1.40. The van der Waals surface area contributed by atoms with Gasteiger partial charge in [-0.3, -0.25) is 4.79 Å². The fourth-order valence-electron chi connectivity index (χ4n) is 2.22. The van der Waals surface area contributed by atoms with E-state index in [-0.39, 0.29) is 11.5 Å². The molecule has 1 aliphatic heterocycles. The van der Waals surface area contributed by atoms with Crippen molar-refractivity contribution >= 4 is 29.3 Å². The molecule has 5 heteroatoms. The van der Waals surface area contributed by atoms with E-state index in [2.05, 4.69) is 5.32 Å². The average molecular weight is 279 g/mol. The molecule has 0 saturated carbocycles. The largest absolute Gasteiger partial charge is 0.478 e. The molecule has 2 rings (SSSR count). The summed E-state index contributed by atoms with van der Waals surface area (Å²) in [7, 11) is 0. The summed E-state index contributed by atoms with van der Waals surface area (Å²) in [5, 5.41) is 11.9. The second kappa shape index (κ2) is 5.25. The van der Waals surface area contributed by atoms with Crippen LogP contribution in [0.4, 0.5) is 5.69 Å². The van der Waals surface area contributed by atoms with Crippen LogP contribution in [0.1, 0.15) is 35.7 Å². The zero-order valence-electron chi connectivity index (χ0n) is 11.0. The highest BCUT2D eigenvalue weighted by Crippen LogP contribution is 2.38. The van der Waals surface area contributed by atoms with E-state index in [1.54, 1.807) is 36.9 Å². The summed E-state index contributed by atoms with van der Waals surface area (Å²) in [4.78, 5) is 23.4. The van der Waals surface area contributed by atoms with Gasteiger partial charge in [-0.2, -0.15) is 0 Å². The van der Waals surface area contributed by atoms with E-state index in [1.807, 2.05) is 6.92 Å². The van der Waals surface area contributed by atoms with Crippen molar-refractivity contribution in [1.82, 2.24) is 0 Å². The molecule has 1 aromatic carbocycles. The number of anilines is 1. The fraction of sp³-hybridized carbons (Fsp3) is 0.429. The molecule has 0 radical (unpaired) electrons. The second-order valence-electron chi connectivity index (χ2n) is 4.92. The van der Waals surface area contributed by atoms with Crippen LogP contribution in [0.5, 0.6) is 0 Å². The number of hydrogen-bond acceptors (Lipinski definition) is 3. The standard InChI is InChI=1S/C14H17NO3S/c1-9-10(12(16)17)5-3-6-11(9)15-13(18)14(2)7-4-8-19-14/h3,5-6H,4,7-8H2,1-2H3,(H,15,18)(H,16,17). The lowest BCUT2D eigenvalue weighted by Crippen LogP contribution is -2.35. The number of nitrogens with one attached hydrogen (secondary N) is 1. The van der Waals surface area contributed by atoms with Crippen LogP contribution in [0.3, 0.4) is 0 Å². The molecule has 0 spiro atoms. The van der Waals surface area contributed by atoms with Crippen molar-refractivity contribution in [2.24, 2.45) is 0 Å². The molecular formula is C14H17NO3S. The van der Waals surface area contributed by atoms with Crippen LogP contribution >= 0.6 is 11.8 Å². The number of carbonyl (C=O) groups excluding carboxylic acids is 1. The van der Waals surface area contributed by atoms with Gasteiger partial charge in [-0.05, 0) is 50.1 Å². The maximum Gasteiger partial charge on any atom is 0.336 e. The van der Waals surface area contributed by atoms with E-state index in [4.69, 9.17) is 5.11 Å². The average Bonchev–Trinajstić information content (AvgIpc) is 2.80. The van der Waals surface area contributed by atoms with Gasteiger partial charge in [0.25, 0.3) is 0 Å². The van der Waals surface area contributed by atoms with Crippen molar-refractivity contribution in [2.75, 3.05) is 11.1 Å². The molecule has 1 aromatic rings. The highest BCUT2D eigenvalue weighted by atomic mass is 32.2. The predicted molar refractivity (Wildman–Crippen MR) is 76.9 cm³/mol. The van der Waals surface area contributed by atoms with Crippen LogP contribution in [0.25, 0.3) is 0 Å². The Labute approximate surface area is 116 Å². The Morgan fingerprint density at radius 3 is 2.74 bits per heavy atom. The first kappa shape index (κ1) is 13.9. The van der Waals surface area contributed by atoms with Gasteiger partial charge in [0.05, 0.1) is 10.3 Å². The second-order valence-corrected chi connectivity index (χ2v) is 6.52. The van der Waals surface area contributed by atoms with Gasteiger partial charge in [0.1, 0.15) is 0 Å². The molecule has 1 amide bonds. The normalized spacial score (nSPS) is 22.2. The summed E-state index contributed by atoms with van der Waals surface area (Å²) in [6.45, 7) is 3.65. The number of benzene rings is 1. The topological polar surface area (TPSA) is 66.4 Å². The minimum absolute atomic E-state index is 0.0411. The minimum atomic E-state index is -0.977. The molecule has 2 N–H and O–H groups in total. The summed E-state index contributed by atoms with van der Waals surface area (Å²) >= 11 is 1.66. The van der Waals surface area contributed by atoms with Crippen LogP contribution in [0, 0.1) is 6.92 Å². The Balaban J connectivity index is 2.22. The number of amides is 1. The van der Waals surface area contributed by atoms with Gasteiger partial charge in [-0.25, -0.2) is 4.79 Å². The summed E-state index contributed by atoms with van der Waals surface area (Å²) in [5.74, 6) is -0.0198. The van der Waals surface area contributed by atoms with E-state index in [1.165, 1.54) is 0 Å². The third-order valence-corrected chi connectivity index (χ3v) is 5.03. The molecular weight excluding hydrogens is 262 g/mol. The van der Waals surface area contributed by atoms with E-state index in [0.717, 1.165) is 18.6 Å². The number of carboxylic acid groups (broad SMARTS) is 1. The quantitative estimate of drug-likeness (QED) is 0.892. The first-order valence-electron chi connectivity index (χ1n) is 6.22. The molecule has 0 bridgehead atoms. The molecule has 1 aliphatic rings. The maximum atomic E-state index is 12.3.